The smallest absolute Gasteiger partial charge is 0.338 e. The molecule has 0 spiro atoms. The minimum Gasteiger partial charge on any atom is -0.465 e. The monoisotopic (exact) mass is 266 g/mol. The van der Waals surface area contributed by atoms with Gasteiger partial charge in [0.2, 0.25) is 0 Å². The van der Waals surface area contributed by atoms with Gasteiger partial charge in [0.1, 0.15) is 0 Å². The minimum absolute atomic E-state index is 0.229. The number of benzene rings is 2. The number of carbonyl (C=O) groups is 1. The first-order chi connectivity index (χ1) is 9.76. The molecule has 2 aromatic rings. The van der Waals surface area contributed by atoms with Crippen LogP contribution in [0.2, 0.25) is 0 Å². The highest BCUT2D eigenvalue weighted by molar-refractivity contribution is 5.91. The van der Waals surface area contributed by atoms with Crippen molar-refractivity contribution in [3.05, 3.63) is 70.3 Å². The number of carbonyl (C=O) groups excluding carboxylic acids is 1. The van der Waals surface area contributed by atoms with Crippen molar-refractivity contribution in [2.45, 2.75) is 25.7 Å². The molecule has 0 unspecified atom stereocenters. The highest BCUT2D eigenvalue weighted by Crippen LogP contribution is 2.19. The first-order valence-electron chi connectivity index (χ1n) is 7.04. The Morgan fingerprint density at radius 1 is 0.850 bits per heavy atom. The molecule has 0 radical (unpaired) electrons. The van der Waals surface area contributed by atoms with Crippen molar-refractivity contribution in [3.63, 3.8) is 0 Å². The standard InChI is InChI=1S/C18H18O2/c1-20-18(19)17-12-15-7-6-13-2-4-14(5-3-13)8-10-16(17)11-9-15/h2-5,9,11-12H,6-8,10H2,1H3. The van der Waals surface area contributed by atoms with E-state index >= 15 is 0 Å². The summed E-state index contributed by atoms with van der Waals surface area (Å²) in [5.74, 6) is -0.229. The van der Waals surface area contributed by atoms with Crippen LogP contribution in [0.1, 0.15) is 32.6 Å². The maximum atomic E-state index is 11.9. The van der Waals surface area contributed by atoms with Gasteiger partial charge < -0.3 is 4.74 Å². The van der Waals surface area contributed by atoms with Gasteiger partial charge in [-0.3, -0.25) is 0 Å². The lowest BCUT2D eigenvalue weighted by Crippen LogP contribution is -2.08. The molecule has 0 heterocycles. The van der Waals surface area contributed by atoms with E-state index in [0.717, 1.165) is 36.8 Å². The normalized spacial score (nSPS) is 13.7. The van der Waals surface area contributed by atoms with Crippen LogP contribution in [0.4, 0.5) is 0 Å². The predicted molar refractivity (Wildman–Crippen MR) is 79.0 cm³/mol. The van der Waals surface area contributed by atoms with Gasteiger partial charge in [-0.15, -0.1) is 0 Å². The van der Waals surface area contributed by atoms with Crippen LogP contribution in [0.25, 0.3) is 0 Å². The summed E-state index contributed by atoms with van der Waals surface area (Å²) in [7, 11) is 1.44. The van der Waals surface area contributed by atoms with Gasteiger partial charge in [-0.2, -0.15) is 0 Å². The van der Waals surface area contributed by atoms with Crippen LogP contribution in [-0.4, -0.2) is 13.1 Å². The molecule has 0 fully saturated rings. The SMILES string of the molecule is COC(=O)c1cc2ccc1CCc1ccc(cc1)CC2. The van der Waals surface area contributed by atoms with E-state index in [9.17, 15) is 4.79 Å². The van der Waals surface area contributed by atoms with E-state index in [1.165, 1.54) is 23.8 Å². The Hall–Kier alpha value is -2.09. The second kappa shape index (κ2) is 5.49. The van der Waals surface area contributed by atoms with E-state index in [1.54, 1.807) is 0 Å². The minimum atomic E-state index is -0.229. The summed E-state index contributed by atoms with van der Waals surface area (Å²) in [5, 5.41) is 0. The number of ether oxygens (including phenoxy) is 1. The summed E-state index contributed by atoms with van der Waals surface area (Å²) >= 11 is 0. The van der Waals surface area contributed by atoms with Gasteiger partial charge in [-0.25, -0.2) is 4.79 Å². The molecule has 0 saturated carbocycles. The molecule has 2 nitrogen and oxygen atoms in total. The van der Waals surface area contributed by atoms with Gasteiger partial charge in [0, 0.05) is 0 Å². The maximum absolute atomic E-state index is 11.9. The molecule has 4 aliphatic rings. The molecule has 0 aromatic heterocycles. The van der Waals surface area contributed by atoms with E-state index in [0.29, 0.717) is 0 Å². The summed E-state index contributed by atoms with van der Waals surface area (Å²) in [6, 6.07) is 15.0. The number of methoxy groups -OCH3 is 1. The second-order valence-corrected chi connectivity index (χ2v) is 5.30. The fourth-order valence-corrected chi connectivity index (χ4v) is 2.74. The van der Waals surface area contributed by atoms with Gasteiger partial charge in [-0.1, -0.05) is 36.4 Å². The number of hydrogen-bond acceptors (Lipinski definition) is 2. The molecule has 6 rings (SSSR count). The van der Waals surface area contributed by atoms with Crippen LogP contribution in [0.15, 0.2) is 42.5 Å². The average molecular weight is 266 g/mol. The van der Waals surface area contributed by atoms with Crippen LogP contribution in [0, 0.1) is 0 Å². The molecule has 0 amide bonds. The van der Waals surface area contributed by atoms with Crippen LogP contribution in [0.5, 0.6) is 0 Å². The van der Waals surface area contributed by atoms with E-state index in [1.807, 2.05) is 6.07 Å². The van der Waals surface area contributed by atoms with E-state index < -0.39 is 0 Å². The third kappa shape index (κ3) is 2.60. The van der Waals surface area contributed by atoms with E-state index in [4.69, 9.17) is 4.74 Å². The average Bonchev–Trinajstić information content (AvgIpc) is 2.49. The molecule has 4 aliphatic carbocycles. The van der Waals surface area contributed by atoms with Crippen LogP contribution in [-0.2, 0) is 30.4 Å². The molecule has 102 valence electrons. The molecule has 4 bridgehead atoms. The summed E-state index contributed by atoms with van der Waals surface area (Å²) in [4.78, 5) is 11.9. The first kappa shape index (κ1) is 12.9. The maximum Gasteiger partial charge on any atom is 0.338 e. The molecule has 20 heavy (non-hydrogen) atoms. The molecule has 2 aromatic carbocycles. The Morgan fingerprint density at radius 2 is 1.40 bits per heavy atom. The number of rotatable bonds is 1. The lowest BCUT2D eigenvalue weighted by molar-refractivity contribution is 0.0599. The van der Waals surface area contributed by atoms with Gasteiger partial charge in [0.15, 0.2) is 0 Å². The lowest BCUT2D eigenvalue weighted by atomic mass is 9.93. The summed E-state index contributed by atoms with van der Waals surface area (Å²) < 4.78 is 4.91. The predicted octanol–water partition coefficient (Wildman–Crippen LogP) is 3.36. The van der Waals surface area contributed by atoms with Gasteiger partial charge in [-0.05, 0) is 54.0 Å². The van der Waals surface area contributed by atoms with Crippen LogP contribution in [0.3, 0.4) is 0 Å². The Kier molecular flexibility index (Phi) is 3.55. The van der Waals surface area contributed by atoms with Crippen molar-refractivity contribution >= 4 is 5.97 Å². The topological polar surface area (TPSA) is 26.3 Å². The molecule has 0 saturated heterocycles. The third-order valence-electron chi connectivity index (χ3n) is 3.99. The van der Waals surface area contributed by atoms with Gasteiger partial charge in [0.05, 0.1) is 12.7 Å². The Bertz CT molecular complexity index is 626. The molecule has 0 aliphatic heterocycles. The second-order valence-electron chi connectivity index (χ2n) is 5.30. The largest absolute Gasteiger partial charge is 0.465 e. The molecule has 2 heteroatoms. The Morgan fingerprint density at radius 3 is 2.05 bits per heavy atom. The third-order valence-corrected chi connectivity index (χ3v) is 3.99. The van der Waals surface area contributed by atoms with Crippen LogP contribution >= 0.6 is 0 Å². The first-order valence-corrected chi connectivity index (χ1v) is 7.04. The molecular formula is C18H18O2. The van der Waals surface area contributed by atoms with E-state index in [-0.39, 0.29) is 5.97 Å². The number of hydrogen-bond donors (Lipinski definition) is 0. The number of esters is 1. The highest BCUT2D eigenvalue weighted by atomic mass is 16.5. The summed E-state index contributed by atoms with van der Waals surface area (Å²) in [5.41, 5.74) is 5.65. The van der Waals surface area contributed by atoms with Gasteiger partial charge in [0.25, 0.3) is 0 Å². The Balaban J connectivity index is 2.01. The highest BCUT2D eigenvalue weighted by Gasteiger charge is 2.13. The van der Waals surface area contributed by atoms with Crippen LogP contribution < -0.4 is 0 Å². The van der Waals surface area contributed by atoms with Crippen molar-refractivity contribution in [1.82, 2.24) is 0 Å². The lowest BCUT2D eigenvalue weighted by Gasteiger charge is -2.13. The zero-order valence-corrected chi connectivity index (χ0v) is 11.7. The fraction of sp³-hybridized carbons (Fsp3) is 0.278. The Labute approximate surface area is 119 Å². The van der Waals surface area contributed by atoms with Gasteiger partial charge >= 0.3 is 5.97 Å². The molecule has 0 atom stereocenters. The van der Waals surface area contributed by atoms with Crippen molar-refractivity contribution in [2.24, 2.45) is 0 Å². The summed E-state index contributed by atoms with van der Waals surface area (Å²) in [6.45, 7) is 0. The zero-order chi connectivity index (χ0) is 13.9. The van der Waals surface area contributed by atoms with Crippen molar-refractivity contribution in [3.8, 4) is 0 Å². The molecule has 0 N–H and O–H groups in total. The summed E-state index contributed by atoms with van der Waals surface area (Å²) in [6.07, 6.45) is 3.76. The quantitative estimate of drug-likeness (QED) is 0.740. The van der Waals surface area contributed by atoms with Crippen molar-refractivity contribution in [1.29, 1.82) is 0 Å². The fourth-order valence-electron chi connectivity index (χ4n) is 2.74. The van der Waals surface area contributed by atoms with Crippen molar-refractivity contribution < 1.29 is 9.53 Å². The zero-order valence-electron chi connectivity index (χ0n) is 11.7. The van der Waals surface area contributed by atoms with E-state index in [2.05, 4.69) is 36.4 Å². The van der Waals surface area contributed by atoms with Crippen molar-refractivity contribution in [2.75, 3.05) is 7.11 Å². The number of aryl methyl sites for hydroxylation is 4. The molecular weight excluding hydrogens is 248 g/mol.